The fraction of sp³-hybridized carbons (Fsp3) is 0.370. The van der Waals surface area contributed by atoms with E-state index in [4.69, 9.17) is 4.98 Å². The van der Waals surface area contributed by atoms with E-state index in [0.29, 0.717) is 30.9 Å². The zero-order chi connectivity index (χ0) is 24.4. The Morgan fingerprint density at radius 1 is 1.03 bits per heavy atom. The molecule has 0 saturated heterocycles. The molecule has 4 aromatic rings. The fourth-order valence-electron chi connectivity index (χ4n) is 4.53. The Morgan fingerprint density at radius 2 is 1.80 bits per heavy atom. The van der Waals surface area contributed by atoms with Gasteiger partial charge in [-0.2, -0.15) is 9.97 Å². The molecule has 1 aliphatic rings. The highest BCUT2D eigenvalue weighted by Gasteiger charge is 2.22. The molecule has 7 nitrogen and oxygen atoms in total. The molecule has 0 spiro atoms. The Balaban J connectivity index is 1.39. The van der Waals surface area contributed by atoms with Gasteiger partial charge in [-0.3, -0.25) is 0 Å². The third-order valence-electron chi connectivity index (χ3n) is 6.39. The summed E-state index contributed by atoms with van der Waals surface area (Å²) in [6.07, 6.45) is 6.56. The number of benzene rings is 2. The molecule has 8 heteroatoms. The molecule has 1 saturated carbocycles. The Labute approximate surface area is 204 Å². The molecule has 0 bridgehead atoms. The number of fused-ring (bicyclic) bond motifs is 1. The second-order valence-electron chi connectivity index (χ2n) is 9.88. The van der Waals surface area contributed by atoms with Crippen molar-refractivity contribution in [1.82, 2.24) is 19.5 Å². The lowest BCUT2D eigenvalue weighted by atomic mass is 10.0. The maximum absolute atomic E-state index is 13.6. The summed E-state index contributed by atoms with van der Waals surface area (Å²) in [7, 11) is 0. The number of nitrogens with one attached hydrogen (secondary N) is 2. The van der Waals surface area contributed by atoms with E-state index in [1.165, 1.54) is 25.0 Å². The first kappa shape index (κ1) is 23.2. The van der Waals surface area contributed by atoms with Crippen molar-refractivity contribution in [3.63, 3.8) is 0 Å². The minimum absolute atomic E-state index is 0.243. The molecule has 182 valence electrons. The Bertz CT molecular complexity index is 1310. The Hall–Kier alpha value is -3.52. The number of anilines is 2. The predicted octanol–water partition coefficient (Wildman–Crippen LogP) is 5.54. The van der Waals surface area contributed by atoms with Crippen LogP contribution >= 0.6 is 0 Å². The predicted molar refractivity (Wildman–Crippen MR) is 137 cm³/mol. The van der Waals surface area contributed by atoms with Crippen LogP contribution in [-0.2, 0) is 6.54 Å². The maximum atomic E-state index is 13.6. The van der Waals surface area contributed by atoms with Crippen molar-refractivity contribution in [2.75, 3.05) is 17.2 Å². The topological polar surface area (TPSA) is 87.9 Å². The molecular weight excluding hydrogens is 443 g/mol. The summed E-state index contributed by atoms with van der Waals surface area (Å²) < 4.78 is 15.7. The zero-order valence-corrected chi connectivity index (χ0v) is 20.1. The molecule has 1 aliphatic carbocycles. The number of nitrogens with zero attached hydrogens (tertiary/aromatic N) is 4. The molecular formula is C27H31FN6O. The van der Waals surface area contributed by atoms with Gasteiger partial charge >= 0.3 is 0 Å². The number of aromatic nitrogens is 4. The number of imidazole rings is 1. The first-order chi connectivity index (χ1) is 16.9. The van der Waals surface area contributed by atoms with Gasteiger partial charge in [0.1, 0.15) is 5.82 Å². The zero-order valence-electron chi connectivity index (χ0n) is 20.1. The van der Waals surface area contributed by atoms with Crippen LogP contribution in [0.3, 0.4) is 0 Å². The Kier molecular flexibility index (Phi) is 6.38. The smallest absolute Gasteiger partial charge is 0.226 e. The molecule has 2 aromatic carbocycles. The van der Waals surface area contributed by atoms with Gasteiger partial charge in [0, 0.05) is 19.1 Å². The first-order valence-corrected chi connectivity index (χ1v) is 12.2. The average Bonchev–Trinajstić information content (AvgIpc) is 3.51. The van der Waals surface area contributed by atoms with Crippen LogP contribution < -0.4 is 10.6 Å². The minimum Gasteiger partial charge on any atom is -0.389 e. The molecule has 0 amide bonds. The summed E-state index contributed by atoms with van der Waals surface area (Å²) in [6, 6.07) is 15.0. The minimum atomic E-state index is -0.888. The Morgan fingerprint density at radius 3 is 2.51 bits per heavy atom. The molecule has 3 N–H and O–H groups in total. The van der Waals surface area contributed by atoms with Gasteiger partial charge in [0.05, 0.1) is 11.9 Å². The van der Waals surface area contributed by atoms with Gasteiger partial charge in [-0.1, -0.05) is 49.2 Å². The third-order valence-corrected chi connectivity index (χ3v) is 6.39. The van der Waals surface area contributed by atoms with Crippen LogP contribution in [0, 0.1) is 5.82 Å². The number of rotatable bonds is 8. The second-order valence-corrected chi connectivity index (χ2v) is 9.88. The molecule has 5 rings (SSSR count). The van der Waals surface area contributed by atoms with Crippen LogP contribution in [-0.4, -0.2) is 36.8 Å². The van der Waals surface area contributed by atoms with Gasteiger partial charge in [-0.15, -0.1) is 0 Å². The highest BCUT2D eigenvalue weighted by atomic mass is 19.1. The lowest BCUT2D eigenvalue weighted by Crippen LogP contribution is -2.30. The van der Waals surface area contributed by atoms with Crippen molar-refractivity contribution >= 4 is 22.9 Å². The van der Waals surface area contributed by atoms with Gasteiger partial charge in [-0.25, -0.2) is 9.37 Å². The summed E-state index contributed by atoms with van der Waals surface area (Å²) in [5.41, 5.74) is 3.53. The number of hydrogen-bond acceptors (Lipinski definition) is 6. The van der Waals surface area contributed by atoms with Crippen molar-refractivity contribution in [3.8, 4) is 11.1 Å². The number of aliphatic hydroxyl groups is 1. The quantitative estimate of drug-likeness (QED) is 0.311. The molecule has 35 heavy (non-hydrogen) atoms. The average molecular weight is 475 g/mol. The highest BCUT2D eigenvalue weighted by Crippen LogP contribution is 2.33. The number of halogens is 1. The van der Waals surface area contributed by atoms with Crippen LogP contribution in [0.5, 0.6) is 0 Å². The van der Waals surface area contributed by atoms with E-state index in [9.17, 15) is 9.50 Å². The molecule has 2 heterocycles. The molecule has 0 atom stereocenters. The molecule has 0 radical (unpaired) electrons. The van der Waals surface area contributed by atoms with Crippen molar-refractivity contribution in [3.05, 3.63) is 66.2 Å². The van der Waals surface area contributed by atoms with Gasteiger partial charge in [-0.05, 0) is 55.5 Å². The van der Waals surface area contributed by atoms with E-state index in [-0.39, 0.29) is 5.82 Å². The van der Waals surface area contributed by atoms with Crippen molar-refractivity contribution in [1.29, 1.82) is 0 Å². The number of hydrogen-bond donors (Lipinski definition) is 3. The van der Waals surface area contributed by atoms with E-state index in [1.54, 1.807) is 19.9 Å². The summed E-state index contributed by atoms with van der Waals surface area (Å²) in [5.74, 6) is 0.870. The lowest BCUT2D eigenvalue weighted by molar-refractivity contribution is 0.0943. The van der Waals surface area contributed by atoms with E-state index in [0.717, 1.165) is 40.7 Å². The lowest BCUT2D eigenvalue weighted by Gasteiger charge is -2.18. The van der Waals surface area contributed by atoms with Gasteiger partial charge in [0.2, 0.25) is 5.95 Å². The van der Waals surface area contributed by atoms with Crippen LogP contribution in [0.15, 0.2) is 54.9 Å². The van der Waals surface area contributed by atoms with Crippen LogP contribution in [0.2, 0.25) is 0 Å². The summed E-state index contributed by atoms with van der Waals surface area (Å²) in [4.78, 5) is 14.1. The summed E-state index contributed by atoms with van der Waals surface area (Å²) in [6.45, 7) is 4.37. The molecule has 0 unspecified atom stereocenters. The van der Waals surface area contributed by atoms with Crippen LogP contribution in [0.4, 0.5) is 16.2 Å². The van der Waals surface area contributed by atoms with Gasteiger partial charge in [0.25, 0.3) is 0 Å². The van der Waals surface area contributed by atoms with Crippen molar-refractivity contribution < 1.29 is 9.50 Å². The second kappa shape index (κ2) is 9.62. The van der Waals surface area contributed by atoms with Gasteiger partial charge < -0.3 is 20.3 Å². The third kappa shape index (κ3) is 5.43. The van der Waals surface area contributed by atoms with Crippen molar-refractivity contribution in [2.45, 2.75) is 57.7 Å². The van der Waals surface area contributed by atoms with E-state index >= 15 is 0 Å². The van der Waals surface area contributed by atoms with Crippen LogP contribution in [0.25, 0.3) is 22.3 Å². The standard InChI is InChI=1S/C27H31FN6O/c1-27(2,35)16-30-26-32-24(23-25(33-26)34(17-31-23)22-8-3-4-9-22)29-15-18-10-12-19(13-11-18)20-6-5-7-21(28)14-20/h5-7,10-14,17,22,35H,3-4,8-9,15-16H2,1-2H3,(H2,29,30,32,33). The molecule has 1 fully saturated rings. The van der Waals surface area contributed by atoms with E-state index in [1.807, 2.05) is 36.7 Å². The molecule has 2 aromatic heterocycles. The normalized spacial score (nSPS) is 14.5. The first-order valence-electron chi connectivity index (χ1n) is 12.2. The van der Waals surface area contributed by atoms with E-state index < -0.39 is 5.60 Å². The summed E-state index contributed by atoms with van der Waals surface area (Å²) >= 11 is 0. The molecule has 0 aliphatic heterocycles. The monoisotopic (exact) mass is 474 g/mol. The van der Waals surface area contributed by atoms with E-state index in [2.05, 4.69) is 25.2 Å². The van der Waals surface area contributed by atoms with Crippen LogP contribution in [0.1, 0.15) is 51.1 Å². The fourth-order valence-corrected chi connectivity index (χ4v) is 4.53. The van der Waals surface area contributed by atoms with Gasteiger partial charge in [0.15, 0.2) is 17.0 Å². The van der Waals surface area contributed by atoms with Crippen molar-refractivity contribution in [2.24, 2.45) is 0 Å². The SMILES string of the molecule is CC(C)(O)CNc1nc(NCc2ccc(-c3cccc(F)c3)cc2)c2ncn(C3CCCC3)c2n1. The highest BCUT2D eigenvalue weighted by molar-refractivity contribution is 5.84. The largest absolute Gasteiger partial charge is 0.389 e. The summed E-state index contributed by atoms with van der Waals surface area (Å²) in [5, 5.41) is 16.7. The maximum Gasteiger partial charge on any atom is 0.226 e.